The Morgan fingerprint density at radius 1 is 0.870 bits per heavy atom. The first-order chi connectivity index (χ1) is 11.1. The maximum absolute atomic E-state index is 6.34. The summed E-state index contributed by atoms with van der Waals surface area (Å²) in [6, 6.07) is 22.1. The lowest BCUT2D eigenvalue weighted by atomic mass is 9.80. The Morgan fingerprint density at radius 3 is 1.70 bits per heavy atom. The molecule has 0 bridgehead atoms. The number of rotatable bonds is 4. The van der Waals surface area contributed by atoms with Crippen LogP contribution in [0, 0.1) is 5.92 Å². The summed E-state index contributed by atoms with van der Waals surface area (Å²) in [6.45, 7) is 6.55. The van der Waals surface area contributed by atoms with E-state index in [1.54, 1.807) is 0 Å². The number of nitrogens with zero attached hydrogens (tertiary/aromatic N) is 1. The normalized spacial score (nSPS) is 17.6. The minimum atomic E-state index is -0.0684. The van der Waals surface area contributed by atoms with E-state index in [9.17, 15) is 0 Å². The van der Waals surface area contributed by atoms with Gasteiger partial charge in [-0.2, -0.15) is 0 Å². The molecule has 2 aromatic rings. The molecule has 0 saturated carbocycles. The van der Waals surface area contributed by atoms with Crippen LogP contribution in [0.15, 0.2) is 60.7 Å². The van der Waals surface area contributed by atoms with E-state index >= 15 is 0 Å². The second kappa shape index (κ2) is 6.86. The van der Waals surface area contributed by atoms with Crippen LogP contribution in [0.4, 0.5) is 0 Å². The van der Waals surface area contributed by atoms with Gasteiger partial charge in [0.25, 0.3) is 0 Å². The molecule has 0 spiro atoms. The molecule has 0 aromatic heterocycles. The molecule has 2 aromatic carbocycles. The van der Waals surface area contributed by atoms with E-state index in [0.717, 1.165) is 13.1 Å². The van der Waals surface area contributed by atoms with E-state index in [4.69, 9.17) is 5.73 Å². The predicted octanol–water partition coefficient (Wildman–Crippen LogP) is 4.23. The summed E-state index contributed by atoms with van der Waals surface area (Å²) in [5.41, 5.74) is 9.02. The minimum absolute atomic E-state index is 0.0684. The van der Waals surface area contributed by atoms with Crippen molar-refractivity contribution in [1.29, 1.82) is 0 Å². The predicted molar refractivity (Wildman–Crippen MR) is 97.3 cm³/mol. The van der Waals surface area contributed by atoms with E-state index in [1.165, 1.54) is 24.0 Å². The van der Waals surface area contributed by atoms with E-state index in [2.05, 4.69) is 79.4 Å². The fourth-order valence-corrected chi connectivity index (χ4v) is 3.79. The standard InChI is InChI=1S/C21H28N2/c1-21(2,22)19-13-15-23(16-14-19)20(17-9-5-3-6-10-17)18-11-7-4-8-12-18/h3-12,19-20H,13-16,22H2,1-2H3. The third-order valence-electron chi connectivity index (χ3n) is 5.18. The summed E-state index contributed by atoms with van der Waals surface area (Å²) in [6.07, 6.45) is 2.36. The molecule has 23 heavy (non-hydrogen) atoms. The SMILES string of the molecule is CC(C)(N)C1CCN(C(c2ccccc2)c2ccccc2)CC1. The summed E-state index contributed by atoms with van der Waals surface area (Å²) >= 11 is 0. The fraction of sp³-hybridized carbons (Fsp3) is 0.429. The number of hydrogen-bond acceptors (Lipinski definition) is 2. The minimum Gasteiger partial charge on any atom is -0.325 e. The summed E-state index contributed by atoms with van der Waals surface area (Å²) in [5.74, 6) is 0.617. The molecule has 1 aliphatic heterocycles. The van der Waals surface area contributed by atoms with Gasteiger partial charge in [-0.3, -0.25) is 4.90 Å². The first-order valence-electron chi connectivity index (χ1n) is 8.68. The van der Waals surface area contributed by atoms with Crippen LogP contribution >= 0.6 is 0 Å². The quantitative estimate of drug-likeness (QED) is 0.916. The van der Waals surface area contributed by atoms with Gasteiger partial charge in [-0.15, -0.1) is 0 Å². The average molecular weight is 308 g/mol. The number of nitrogens with two attached hydrogens (primary N) is 1. The van der Waals surface area contributed by atoms with Gasteiger partial charge in [-0.25, -0.2) is 0 Å². The van der Waals surface area contributed by atoms with Crippen molar-refractivity contribution in [2.45, 2.75) is 38.3 Å². The van der Waals surface area contributed by atoms with Crippen molar-refractivity contribution in [3.8, 4) is 0 Å². The van der Waals surface area contributed by atoms with E-state index < -0.39 is 0 Å². The number of piperidine rings is 1. The molecule has 122 valence electrons. The third kappa shape index (κ3) is 3.82. The molecule has 1 aliphatic rings. The molecule has 2 nitrogen and oxygen atoms in total. The molecule has 1 saturated heterocycles. The first kappa shape index (κ1) is 16.2. The van der Waals surface area contributed by atoms with Crippen molar-refractivity contribution in [3.05, 3.63) is 71.8 Å². The highest BCUT2D eigenvalue weighted by molar-refractivity contribution is 5.31. The largest absolute Gasteiger partial charge is 0.325 e. The molecule has 0 unspecified atom stereocenters. The van der Waals surface area contributed by atoms with Crippen molar-refractivity contribution < 1.29 is 0 Å². The van der Waals surface area contributed by atoms with Gasteiger partial charge < -0.3 is 5.73 Å². The summed E-state index contributed by atoms with van der Waals surface area (Å²) in [7, 11) is 0. The van der Waals surface area contributed by atoms with E-state index in [1.807, 2.05) is 0 Å². The fourth-order valence-electron chi connectivity index (χ4n) is 3.79. The molecule has 1 fully saturated rings. The lowest BCUT2D eigenvalue weighted by Gasteiger charge is -2.42. The summed E-state index contributed by atoms with van der Waals surface area (Å²) in [5, 5.41) is 0. The number of likely N-dealkylation sites (tertiary alicyclic amines) is 1. The Hall–Kier alpha value is -1.64. The highest BCUT2D eigenvalue weighted by Crippen LogP contribution is 2.34. The van der Waals surface area contributed by atoms with Crippen LogP contribution in [0.2, 0.25) is 0 Å². The van der Waals surface area contributed by atoms with Crippen molar-refractivity contribution in [3.63, 3.8) is 0 Å². The highest BCUT2D eigenvalue weighted by Gasteiger charge is 2.32. The third-order valence-corrected chi connectivity index (χ3v) is 5.18. The van der Waals surface area contributed by atoms with Crippen LogP contribution < -0.4 is 5.73 Å². The van der Waals surface area contributed by atoms with Gasteiger partial charge in [0.15, 0.2) is 0 Å². The van der Waals surface area contributed by atoms with Gasteiger partial charge in [0.2, 0.25) is 0 Å². The highest BCUT2D eigenvalue weighted by atomic mass is 15.2. The van der Waals surface area contributed by atoms with Crippen molar-refractivity contribution >= 4 is 0 Å². The van der Waals surface area contributed by atoms with Crippen LogP contribution in [0.5, 0.6) is 0 Å². The van der Waals surface area contributed by atoms with Gasteiger partial charge in [-0.1, -0.05) is 60.7 Å². The van der Waals surface area contributed by atoms with E-state index in [-0.39, 0.29) is 5.54 Å². The Labute approximate surface area is 140 Å². The van der Waals surface area contributed by atoms with Crippen molar-refractivity contribution in [1.82, 2.24) is 4.90 Å². The Kier molecular flexibility index (Phi) is 4.84. The molecule has 0 amide bonds. The lowest BCUT2D eigenvalue weighted by Crippen LogP contribution is -2.47. The molecule has 3 rings (SSSR count). The van der Waals surface area contributed by atoms with Gasteiger partial charge in [-0.05, 0) is 56.8 Å². The number of benzene rings is 2. The molecule has 0 atom stereocenters. The molecule has 0 radical (unpaired) electrons. The van der Waals surface area contributed by atoms with Crippen molar-refractivity contribution in [2.75, 3.05) is 13.1 Å². The summed E-state index contributed by atoms with van der Waals surface area (Å²) in [4.78, 5) is 2.62. The second-order valence-electron chi connectivity index (χ2n) is 7.36. The topological polar surface area (TPSA) is 29.3 Å². The Morgan fingerprint density at radius 2 is 1.30 bits per heavy atom. The number of hydrogen-bond donors (Lipinski definition) is 1. The molecular weight excluding hydrogens is 280 g/mol. The zero-order valence-electron chi connectivity index (χ0n) is 14.3. The molecule has 2 N–H and O–H groups in total. The van der Waals surface area contributed by atoms with Crippen LogP contribution in [0.25, 0.3) is 0 Å². The van der Waals surface area contributed by atoms with E-state index in [0.29, 0.717) is 12.0 Å². The average Bonchev–Trinajstić information content (AvgIpc) is 2.57. The zero-order chi connectivity index (χ0) is 16.3. The van der Waals surface area contributed by atoms with Gasteiger partial charge >= 0.3 is 0 Å². The summed E-state index contributed by atoms with van der Waals surface area (Å²) < 4.78 is 0. The monoisotopic (exact) mass is 308 g/mol. The maximum atomic E-state index is 6.34. The zero-order valence-corrected chi connectivity index (χ0v) is 14.3. The van der Waals surface area contributed by atoms with Crippen LogP contribution in [0.1, 0.15) is 43.9 Å². The molecule has 2 heteroatoms. The Bertz CT molecular complexity index is 553. The first-order valence-corrected chi connectivity index (χ1v) is 8.68. The second-order valence-corrected chi connectivity index (χ2v) is 7.36. The maximum Gasteiger partial charge on any atom is 0.0601 e. The smallest absolute Gasteiger partial charge is 0.0601 e. The van der Waals surface area contributed by atoms with Gasteiger partial charge in [0.05, 0.1) is 6.04 Å². The Balaban J connectivity index is 1.83. The molecular formula is C21H28N2. The van der Waals surface area contributed by atoms with Gasteiger partial charge in [0, 0.05) is 5.54 Å². The lowest BCUT2D eigenvalue weighted by molar-refractivity contribution is 0.119. The molecule has 0 aliphatic carbocycles. The van der Waals surface area contributed by atoms with Crippen LogP contribution in [0.3, 0.4) is 0 Å². The van der Waals surface area contributed by atoms with Gasteiger partial charge in [0.1, 0.15) is 0 Å². The van der Waals surface area contributed by atoms with Crippen LogP contribution in [-0.2, 0) is 0 Å². The molecule has 1 heterocycles. The van der Waals surface area contributed by atoms with Crippen LogP contribution in [-0.4, -0.2) is 23.5 Å². The van der Waals surface area contributed by atoms with Crippen molar-refractivity contribution in [2.24, 2.45) is 11.7 Å².